The number of fused-ring (bicyclic) bond motifs is 1. The van der Waals surface area contributed by atoms with Crippen molar-refractivity contribution in [3.05, 3.63) is 70.8 Å². The first-order chi connectivity index (χ1) is 10.1. The Balaban J connectivity index is 1.59. The van der Waals surface area contributed by atoms with Gasteiger partial charge in [0, 0.05) is 6.54 Å². The van der Waals surface area contributed by atoms with Gasteiger partial charge < -0.3 is 10.4 Å². The first-order valence-corrected chi connectivity index (χ1v) is 6.83. The minimum Gasteiger partial charge on any atom is -0.478 e. The Labute approximate surface area is 122 Å². The fourth-order valence-electron chi connectivity index (χ4n) is 2.57. The second-order valence-corrected chi connectivity index (χ2v) is 5.18. The molecule has 0 fully saturated rings. The zero-order valence-electron chi connectivity index (χ0n) is 11.4. The van der Waals surface area contributed by atoms with Crippen molar-refractivity contribution in [1.82, 2.24) is 5.32 Å². The maximum atomic E-state index is 12.1. The van der Waals surface area contributed by atoms with Gasteiger partial charge >= 0.3 is 5.97 Å². The molecule has 2 aromatic rings. The second kappa shape index (κ2) is 5.40. The molecule has 3 rings (SSSR count). The predicted molar refractivity (Wildman–Crippen MR) is 78.1 cm³/mol. The number of aromatic carboxylic acids is 1. The first-order valence-electron chi connectivity index (χ1n) is 6.83. The fraction of sp³-hybridized carbons (Fsp3) is 0.176. The Bertz CT molecular complexity index is 691. The van der Waals surface area contributed by atoms with Crippen molar-refractivity contribution in [2.75, 3.05) is 0 Å². The molecule has 0 heterocycles. The molecule has 2 N–H and O–H groups in total. The highest BCUT2D eigenvalue weighted by Gasteiger charge is 2.31. The van der Waals surface area contributed by atoms with Crippen molar-refractivity contribution < 1.29 is 14.7 Å². The Morgan fingerprint density at radius 1 is 1.10 bits per heavy atom. The van der Waals surface area contributed by atoms with Crippen LogP contribution in [0.5, 0.6) is 0 Å². The van der Waals surface area contributed by atoms with Crippen LogP contribution in [0.1, 0.15) is 33.0 Å². The quantitative estimate of drug-likeness (QED) is 0.904. The Hall–Kier alpha value is -2.62. The van der Waals surface area contributed by atoms with Gasteiger partial charge in [0.1, 0.15) is 0 Å². The van der Waals surface area contributed by atoms with E-state index in [9.17, 15) is 9.59 Å². The van der Waals surface area contributed by atoms with E-state index < -0.39 is 5.97 Å². The second-order valence-electron chi connectivity index (χ2n) is 5.18. The van der Waals surface area contributed by atoms with E-state index in [-0.39, 0.29) is 17.4 Å². The zero-order chi connectivity index (χ0) is 14.8. The molecular weight excluding hydrogens is 266 g/mol. The van der Waals surface area contributed by atoms with E-state index in [1.54, 1.807) is 24.3 Å². The SMILES string of the molecule is O=C(O)c1ccc(CNC(=O)C2Cc3ccccc32)cc1. The van der Waals surface area contributed by atoms with Crippen molar-refractivity contribution in [2.45, 2.75) is 18.9 Å². The molecule has 1 amide bonds. The number of benzene rings is 2. The van der Waals surface area contributed by atoms with Crippen LogP contribution >= 0.6 is 0 Å². The van der Waals surface area contributed by atoms with Gasteiger partial charge in [0.2, 0.25) is 5.91 Å². The Morgan fingerprint density at radius 3 is 2.48 bits per heavy atom. The molecule has 1 aliphatic rings. The number of hydrogen-bond donors (Lipinski definition) is 2. The van der Waals surface area contributed by atoms with E-state index in [2.05, 4.69) is 5.32 Å². The molecule has 4 nitrogen and oxygen atoms in total. The lowest BCUT2D eigenvalue weighted by Gasteiger charge is -2.28. The van der Waals surface area contributed by atoms with Crippen LogP contribution in [0, 0.1) is 0 Å². The third-order valence-corrected chi connectivity index (χ3v) is 3.84. The average molecular weight is 281 g/mol. The average Bonchev–Trinajstić information content (AvgIpc) is 2.47. The number of rotatable bonds is 4. The largest absolute Gasteiger partial charge is 0.478 e. The normalized spacial score (nSPS) is 15.7. The molecule has 0 bridgehead atoms. The summed E-state index contributed by atoms with van der Waals surface area (Å²) in [4.78, 5) is 22.9. The molecule has 106 valence electrons. The highest BCUT2D eigenvalue weighted by molar-refractivity contribution is 5.88. The molecular formula is C17H15NO3. The van der Waals surface area contributed by atoms with Crippen LogP contribution in [0.2, 0.25) is 0 Å². The summed E-state index contributed by atoms with van der Waals surface area (Å²) in [6, 6.07) is 14.5. The summed E-state index contributed by atoms with van der Waals surface area (Å²) in [6.07, 6.45) is 0.792. The summed E-state index contributed by atoms with van der Waals surface area (Å²) in [5.41, 5.74) is 3.48. The van der Waals surface area contributed by atoms with Crippen LogP contribution in [0.25, 0.3) is 0 Å². The van der Waals surface area contributed by atoms with Gasteiger partial charge in [-0.05, 0) is 35.2 Å². The van der Waals surface area contributed by atoms with E-state index in [0.29, 0.717) is 6.54 Å². The zero-order valence-corrected chi connectivity index (χ0v) is 11.4. The van der Waals surface area contributed by atoms with Crippen molar-refractivity contribution in [1.29, 1.82) is 0 Å². The number of hydrogen-bond acceptors (Lipinski definition) is 2. The van der Waals surface area contributed by atoms with Crippen LogP contribution in [-0.2, 0) is 17.8 Å². The number of carboxylic acids is 1. The summed E-state index contributed by atoms with van der Waals surface area (Å²) in [6.45, 7) is 0.414. The van der Waals surface area contributed by atoms with Crippen LogP contribution in [-0.4, -0.2) is 17.0 Å². The molecule has 0 saturated heterocycles. The number of carbonyl (C=O) groups is 2. The predicted octanol–water partition coefficient (Wildman–Crippen LogP) is 2.34. The lowest BCUT2D eigenvalue weighted by Crippen LogP contribution is -2.35. The highest BCUT2D eigenvalue weighted by Crippen LogP contribution is 2.34. The Morgan fingerprint density at radius 2 is 1.81 bits per heavy atom. The lowest BCUT2D eigenvalue weighted by atomic mass is 9.77. The molecule has 0 spiro atoms. The number of carbonyl (C=O) groups excluding carboxylic acids is 1. The standard InChI is InChI=1S/C17H15NO3/c19-16(15-9-13-3-1-2-4-14(13)15)18-10-11-5-7-12(8-6-11)17(20)21/h1-8,15H,9-10H2,(H,18,19)(H,20,21). The molecule has 1 aliphatic carbocycles. The van der Waals surface area contributed by atoms with Gasteiger partial charge in [-0.1, -0.05) is 36.4 Å². The summed E-state index contributed by atoms with van der Waals surface area (Å²) in [5.74, 6) is -0.979. The smallest absolute Gasteiger partial charge is 0.335 e. The number of amides is 1. The van der Waals surface area contributed by atoms with E-state index in [1.165, 1.54) is 5.56 Å². The van der Waals surface area contributed by atoms with Gasteiger partial charge in [-0.2, -0.15) is 0 Å². The molecule has 0 aromatic heterocycles. The van der Waals surface area contributed by atoms with Gasteiger partial charge in [0.25, 0.3) is 0 Å². The number of nitrogens with one attached hydrogen (secondary N) is 1. The van der Waals surface area contributed by atoms with Crippen LogP contribution in [0.4, 0.5) is 0 Å². The van der Waals surface area contributed by atoms with Crippen molar-refractivity contribution in [3.63, 3.8) is 0 Å². The monoisotopic (exact) mass is 281 g/mol. The van der Waals surface area contributed by atoms with Gasteiger partial charge in [-0.15, -0.1) is 0 Å². The minimum absolute atomic E-state index is 0.0241. The maximum Gasteiger partial charge on any atom is 0.335 e. The summed E-state index contributed by atoms with van der Waals surface area (Å²) in [5, 5.41) is 11.7. The van der Waals surface area contributed by atoms with Crippen molar-refractivity contribution in [3.8, 4) is 0 Å². The molecule has 21 heavy (non-hydrogen) atoms. The van der Waals surface area contributed by atoms with Crippen molar-refractivity contribution >= 4 is 11.9 Å². The molecule has 0 radical (unpaired) electrons. The molecule has 1 atom stereocenters. The third-order valence-electron chi connectivity index (χ3n) is 3.84. The molecule has 0 saturated carbocycles. The molecule has 4 heteroatoms. The fourth-order valence-corrected chi connectivity index (χ4v) is 2.57. The summed E-state index contributed by atoms with van der Waals surface area (Å²) >= 11 is 0. The lowest BCUT2D eigenvalue weighted by molar-refractivity contribution is -0.123. The van der Waals surface area contributed by atoms with E-state index in [4.69, 9.17) is 5.11 Å². The topological polar surface area (TPSA) is 66.4 Å². The van der Waals surface area contributed by atoms with E-state index >= 15 is 0 Å². The third kappa shape index (κ3) is 2.65. The van der Waals surface area contributed by atoms with E-state index in [1.807, 2.05) is 24.3 Å². The Kier molecular flexibility index (Phi) is 3.44. The van der Waals surface area contributed by atoms with Gasteiger partial charge in [0.15, 0.2) is 0 Å². The summed E-state index contributed by atoms with van der Waals surface area (Å²) in [7, 11) is 0. The molecule has 1 unspecified atom stereocenters. The number of carboxylic acid groups (broad SMARTS) is 1. The van der Waals surface area contributed by atoms with Crippen LogP contribution in [0.15, 0.2) is 48.5 Å². The van der Waals surface area contributed by atoms with E-state index in [0.717, 1.165) is 17.5 Å². The van der Waals surface area contributed by atoms with Gasteiger partial charge in [-0.25, -0.2) is 4.79 Å². The van der Waals surface area contributed by atoms with Crippen LogP contribution < -0.4 is 5.32 Å². The van der Waals surface area contributed by atoms with Crippen LogP contribution in [0.3, 0.4) is 0 Å². The summed E-state index contributed by atoms with van der Waals surface area (Å²) < 4.78 is 0. The first kappa shape index (κ1) is 13.4. The molecule has 2 aromatic carbocycles. The minimum atomic E-state index is -0.948. The molecule has 0 aliphatic heterocycles. The highest BCUT2D eigenvalue weighted by atomic mass is 16.4. The van der Waals surface area contributed by atoms with Gasteiger partial charge in [-0.3, -0.25) is 4.79 Å². The maximum absolute atomic E-state index is 12.1. The van der Waals surface area contributed by atoms with Gasteiger partial charge in [0.05, 0.1) is 11.5 Å². The van der Waals surface area contributed by atoms with Crippen molar-refractivity contribution in [2.24, 2.45) is 0 Å².